The van der Waals surface area contributed by atoms with Crippen LogP contribution in [0.3, 0.4) is 0 Å². The van der Waals surface area contributed by atoms with E-state index in [0.717, 1.165) is 0 Å². The molecule has 0 aliphatic rings. The van der Waals surface area contributed by atoms with Crippen LogP contribution in [0.4, 0.5) is 0 Å². The zero-order chi connectivity index (χ0) is 13.7. The minimum atomic E-state index is -0.792. The number of carbonyl (C=O) groups excluding carboxylic acids is 1. The molecule has 19 heavy (non-hydrogen) atoms. The van der Waals surface area contributed by atoms with Gasteiger partial charge in [-0.15, -0.1) is 0 Å². The number of carbonyl (C=O) groups is 1. The van der Waals surface area contributed by atoms with Crippen molar-refractivity contribution >= 4 is 23.7 Å². The Kier molecular flexibility index (Phi) is 3.95. The molecule has 0 fully saturated rings. The highest BCUT2D eigenvalue weighted by atomic mass is 32.2. The molecular weight excluding hydrogens is 264 g/mol. The number of aromatic nitrogens is 2. The summed E-state index contributed by atoms with van der Waals surface area (Å²) < 4.78 is 5.42. The summed E-state index contributed by atoms with van der Waals surface area (Å²) in [6.45, 7) is 0. The Morgan fingerprint density at radius 1 is 1.42 bits per heavy atom. The molecule has 0 aromatic carbocycles. The van der Waals surface area contributed by atoms with Crippen LogP contribution in [0.2, 0.25) is 0 Å². The van der Waals surface area contributed by atoms with Crippen molar-refractivity contribution in [2.75, 3.05) is 0 Å². The van der Waals surface area contributed by atoms with Crippen molar-refractivity contribution in [3.63, 3.8) is 0 Å². The summed E-state index contributed by atoms with van der Waals surface area (Å²) in [6.07, 6.45) is 4.54. The third-order valence-electron chi connectivity index (χ3n) is 2.01. The summed E-state index contributed by atoms with van der Waals surface area (Å²) in [5.41, 5.74) is 4.86. The fourth-order valence-electron chi connectivity index (χ4n) is 1.20. The summed E-state index contributed by atoms with van der Waals surface area (Å²) in [7, 11) is 0. The van der Waals surface area contributed by atoms with E-state index in [0.29, 0.717) is 16.0 Å². The Balaban J connectivity index is 2.16. The Bertz CT molecular complexity index is 658. The molecule has 0 atom stereocenters. The van der Waals surface area contributed by atoms with E-state index in [1.54, 1.807) is 36.7 Å². The number of furan rings is 1. The monoisotopic (exact) mass is 272 g/mol. The fraction of sp³-hybridized carbons (Fsp3) is 0. The van der Waals surface area contributed by atoms with Crippen LogP contribution < -0.4 is 5.73 Å². The van der Waals surface area contributed by atoms with Gasteiger partial charge in [0.05, 0.1) is 0 Å². The van der Waals surface area contributed by atoms with E-state index >= 15 is 0 Å². The maximum Gasteiger partial charge on any atom is 0.259 e. The topological polar surface area (TPSA) is 106 Å². The number of amides is 1. The maximum absolute atomic E-state index is 10.9. The summed E-state index contributed by atoms with van der Waals surface area (Å²) in [5.74, 6) is -0.423. The van der Waals surface area contributed by atoms with Crippen LogP contribution in [0.1, 0.15) is 5.76 Å². The van der Waals surface area contributed by atoms with Crippen LogP contribution in [0.15, 0.2) is 50.8 Å². The number of nitriles is 1. The van der Waals surface area contributed by atoms with Crippen molar-refractivity contribution in [3.05, 3.63) is 41.9 Å². The number of nitrogens with two attached hydrogens (primary N) is 1. The lowest BCUT2D eigenvalue weighted by molar-refractivity contribution is -0.114. The van der Waals surface area contributed by atoms with E-state index in [1.165, 1.54) is 17.8 Å². The molecule has 0 aliphatic heterocycles. The number of hydrogen-bond donors (Lipinski definition) is 1. The molecule has 94 valence electrons. The van der Waals surface area contributed by atoms with Gasteiger partial charge in [-0.1, -0.05) is 0 Å². The quantitative estimate of drug-likeness (QED) is 0.515. The molecule has 1 amide bonds. The van der Waals surface area contributed by atoms with Crippen LogP contribution in [0, 0.1) is 11.3 Å². The molecule has 2 heterocycles. The zero-order valence-corrected chi connectivity index (χ0v) is 10.4. The van der Waals surface area contributed by atoms with Gasteiger partial charge in [0.2, 0.25) is 0 Å². The fourth-order valence-corrected chi connectivity index (χ4v) is 1.88. The van der Waals surface area contributed by atoms with E-state index in [4.69, 9.17) is 15.4 Å². The maximum atomic E-state index is 10.9. The molecule has 2 aromatic heterocycles. The van der Waals surface area contributed by atoms with E-state index < -0.39 is 5.91 Å². The minimum absolute atomic E-state index is 0.165. The van der Waals surface area contributed by atoms with Crippen LogP contribution in [-0.2, 0) is 4.79 Å². The van der Waals surface area contributed by atoms with Gasteiger partial charge in [-0.3, -0.25) is 4.79 Å². The van der Waals surface area contributed by atoms with Gasteiger partial charge in [-0.05, 0) is 30.0 Å². The van der Waals surface area contributed by atoms with Gasteiger partial charge in [0.25, 0.3) is 5.91 Å². The average molecular weight is 272 g/mol. The molecule has 0 saturated carbocycles. The average Bonchev–Trinajstić information content (AvgIpc) is 2.84. The summed E-state index contributed by atoms with van der Waals surface area (Å²) in [6, 6.07) is 6.75. The highest BCUT2D eigenvalue weighted by Gasteiger charge is 2.08. The van der Waals surface area contributed by atoms with Gasteiger partial charge >= 0.3 is 0 Å². The largest absolute Gasteiger partial charge is 0.450 e. The predicted octanol–water partition coefficient (Wildman–Crippen LogP) is 1.61. The first kappa shape index (κ1) is 12.9. The molecule has 2 aromatic rings. The van der Waals surface area contributed by atoms with E-state index in [-0.39, 0.29) is 5.57 Å². The Morgan fingerprint density at radius 3 is 2.79 bits per heavy atom. The lowest BCUT2D eigenvalue weighted by atomic mass is 10.2. The molecule has 7 heteroatoms. The van der Waals surface area contributed by atoms with Crippen molar-refractivity contribution in [3.8, 4) is 6.07 Å². The second-order valence-corrected chi connectivity index (χ2v) is 4.30. The van der Waals surface area contributed by atoms with Crippen molar-refractivity contribution in [1.29, 1.82) is 5.26 Å². The van der Waals surface area contributed by atoms with Gasteiger partial charge in [0.15, 0.2) is 10.2 Å². The smallest absolute Gasteiger partial charge is 0.259 e. The molecule has 0 radical (unpaired) electrons. The molecular formula is C12H8N4O2S. The lowest BCUT2D eigenvalue weighted by Crippen LogP contribution is -2.12. The summed E-state index contributed by atoms with van der Waals surface area (Å²) >= 11 is 1.23. The molecule has 0 saturated heterocycles. The first-order chi connectivity index (χ1) is 9.19. The van der Waals surface area contributed by atoms with Crippen LogP contribution >= 0.6 is 11.8 Å². The van der Waals surface area contributed by atoms with Crippen molar-refractivity contribution in [2.24, 2.45) is 5.73 Å². The molecule has 0 unspecified atom stereocenters. The van der Waals surface area contributed by atoms with Gasteiger partial charge in [0, 0.05) is 18.5 Å². The predicted molar refractivity (Wildman–Crippen MR) is 67.6 cm³/mol. The third kappa shape index (κ3) is 3.43. The lowest BCUT2D eigenvalue weighted by Gasteiger charge is -1.94. The van der Waals surface area contributed by atoms with Crippen LogP contribution in [0.5, 0.6) is 0 Å². The van der Waals surface area contributed by atoms with Crippen molar-refractivity contribution in [2.45, 2.75) is 10.2 Å². The van der Waals surface area contributed by atoms with E-state index in [2.05, 4.69) is 9.97 Å². The summed E-state index contributed by atoms with van der Waals surface area (Å²) in [5, 5.41) is 9.81. The van der Waals surface area contributed by atoms with Gasteiger partial charge < -0.3 is 10.2 Å². The van der Waals surface area contributed by atoms with Crippen molar-refractivity contribution < 1.29 is 9.21 Å². The minimum Gasteiger partial charge on any atom is -0.450 e. The SMILES string of the molecule is N#C/C(=C/c1ccc(Sc2ncccn2)o1)C(N)=O. The first-order valence-electron chi connectivity index (χ1n) is 5.15. The standard InChI is InChI=1S/C12H8N4O2S/c13-7-8(11(14)17)6-9-2-3-10(18-9)19-12-15-4-1-5-16-12/h1-6H,(H2,14,17)/b8-6-. The summed E-state index contributed by atoms with van der Waals surface area (Å²) in [4.78, 5) is 19.0. The number of hydrogen-bond acceptors (Lipinski definition) is 6. The molecule has 0 spiro atoms. The molecule has 2 rings (SSSR count). The molecule has 0 bridgehead atoms. The number of nitrogens with zero attached hydrogens (tertiary/aromatic N) is 3. The molecule has 2 N–H and O–H groups in total. The van der Waals surface area contributed by atoms with Crippen LogP contribution in [-0.4, -0.2) is 15.9 Å². The Morgan fingerprint density at radius 2 is 2.16 bits per heavy atom. The highest BCUT2D eigenvalue weighted by molar-refractivity contribution is 7.99. The highest BCUT2D eigenvalue weighted by Crippen LogP contribution is 2.26. The Hall–Kier alpha value is -2.59. The molecule has 0 aliphatic carbocycles. The van der Waals surface area contributed by atoms with Gasteiger partial charge in [-0.25, -0.2) is 9.97 Å². The number of rotatable bonds is 4. The van der Waals surface area contributed by atoms with Crippen LogP contribution in [0.25, 0.3) is 6.08 Å². The zero-order valence-electron chi connectivity index (χ0n) is 9.61. The van der Waals surface area contributed by atoms with Gasteiger partial charge in [0.1, 0.15) is 17.4 Å². The van der Waals surface area contributed by atoms with Gasteiger partial charge in [-0.2, -0.15) is 5.26 Å². The normalized spacial score (nSPS) is 11.0. The van der Waals surface area contributed by atoms with Crippen molar-refractivity contribution in [1.82, 2.24) is 9.97 Å². The van der Waals surface area contributed by atoms with E-state index in [1.807, 2.05) is 0 Å². The van der Waals surface area contributed by atoms with E-state index in [9.17, 15) is 4.79 Å². The second kappa shape index (κ2) is 5.84. The Labute approximate surface area is 113 Å². The third-order valence-corrected chi connectivity index (χ3v) is 2.82. The molecule has 6 nitrogen and oxygen atoms in total. The first-order valence-corrected chi connectivity index (χ1v) is 5.97. The second-order valence-electron chi connectivity index (χ2n) is 3.32. The number of primary amides is 1.